The number of pyridine rings is 2. The number of fused-ring (bicyclic) bond motifs is 2. The van der Waals surface area contributed by atoms with Crippen LogP contribution >= 0.6 is 0 Å². The molecule has 1 aliphatic rings. The van der Waals surface area contributed by atoms with E-state index in [4.69, 9.17) is 9.84 Å². The van der Waals surface area contributed by atoms with Gasteiger partial charge in [0, 0.05) is 23.2 Å². The molecule has 0 amide bonds. The fourth-order valence-corrected chi connectivity index (χ4v) is 3.48. The van der Waals surface area contributed by atoms with Crippen molar-refractivity contribution in [3.63, 3.8) is 0 Å². The summed E-state index contributed by atoms with van der Waals surface area (Å²) >= 11 is 0. The number of nitrogens with zero attached hydrogens (tertiary/aromatic N) is 5. The van der Waals surface area contributed by atoms with Crippen molar-refractivity contribution in [3.05, 3.63) is 42.1 Å². The van der Waals surface area contributed by atoms with Gasteiger partial charge in [-0.2, -0.15) is 10.2 Å². The zero-order valence-electron chi connectivity index (χ0n) is 14.7. The first-order chi connectivity index (χ1) is 13.2. The van der Waals surface area contributed by atoms with Gasteiger partial charge in [-0.15, -0.1) is 0 Å². The van der Waals surface area contributed by atoms with Gasteiger partial charge in [-0.25, -0.2) is 14.1 Å². The molecule has 0 bridgehead atoms. The van der Waals surface area contributed by atoms with Crippen molar-refractivity contribution in [1.82, 2.24) is 29.9 Å². The zero-order chi connectivity index (χ0) is 18.4. The summed E-state index contributed by atoms with van der Waals surface area (Å²) in [4.78, 5) is 8.75. The molecule has 5 rings (SSSR count). The summed E-state index contributed by atoms with van der Waals surface area (Å²) in [6, 6.07) is 5.03. The lowest BCUT2D eigenvalue weighted by molar-refractivity contribution is 0.304. The van der Waals surface area contributed by atoms with E-state index in [9.17, 15) is 4.39 Å². The molecule has 27 heavy (non-hydrogen) atoms. The number of halogens is 1. The maximum atomic E-state index is 13.4. The van der Waals surface area contributed by atoms with Crippen LogP contribution in [0.25, 0.3) is 33.5 Å². The SMILES string of the molecule is Cc1cc(-c2c(-c3ccc(F)cn3)nn3c2OCCCC3)c2cn[nH]c2n1. The number of H-pyrrole nitrogens is 1. The molecule has 5 heterocycles. The molecule has 0 fully saturated rings. The molecule has 0 aromatic carbocycles. The Balaban J connectivity index is 1.82. The molecule has 0 aliphatic carbocycles. The van der Waals surface area contributed by atoms with Crippen LogP contribution in [0.15, 0.2) is 30.6 Å². The Morgan fingerprint density at radius 2 is 2.15 bits per heavy atom. The molecule has 1 aliphatic heterocycles. The number of hydrogen-bond acceptors (Lipinski definition) is 5. The van der Waals surface area contributed by atoms with Gasteiger partial charge in [0.15, 0.2) is 5.65 Å². The fourth-order valence-electron chi connectivity index (χ4n) is 3.48. The second-order valence-corrected chi connectivity index (χ2v) is 6.61. The maximum Gasteiger partial charge on any atom is 0.220 e. The van der Waals surface area contributed by atoms with Crippen LogP contribution in [0, 0.1) is 12.7 Å². The summed E-state index contributed by atoms with van der Waals surface area (Å²) < 4.78 is 21.3. The topological polar surface area (TPSA) is 81.5 Å². The predicted molar refractivity (Wildman–Crippen MR) is 97.8 cm³/mol. The van der Waals surface area contributed by atoms with Gasteiger partial charge in [0.2, 0.25) is 5.88 Å². The van der Waals surface area contributed by atoms with Gasteiger partial charge in [0.1, 0.15) is 11.5 Å². The van der Waals surface area contributed by atoms with E-state index < -0.39 is 0 Å². The van der Waals surface area contributed by atoms with Gasteiger partial charge in [-0.1, -0.05) is 0 Å². The summed E-state index contributed by atoms with van der Waals surface area (Å²) in [5, 5.41) is 12.7. The second kappa shape index (κ2) is 6.15. The molecule has 0 saturated heterocycles. The van der Waals surface area contributed by atoms with E-state index in [2.05, 4.69) is 20.2 Å². The van der Waals surface area contributed by atoms with E-state index in [1.54, 1.807) is 12.3 Å². The molecule has 0 unspecified atom stereocenters. The first-order valence-electron chi connectivity index (χ1n) is 8.87. The number of aryl methyl sites for hydroxylation is 2. The highest BCUT2D eigenvalue weighted by Gasteiger charge is 2.26. The second-order valence-electron chi connectivity index (χ2n) is 6.61. The molecule has 8 heteroatoms. The average molecular weight is 364 g/mol. The van der Waals surface area contributed by atoms with Crippen molar-refractivity contribution in [2.24, 2.45) is 0 Å². The van der Waals surface area contributed by atoms with Crippen LogP contribution < -0.4 is 4.74 Å². The third kappa shape index (κ3) is 2.64. The van der Waals surface area contributed by atoms with Crippen LogP contribution in [0.5, 0.6) is 5.88 Å². The summed E-state index contributed by atoms with van der Waals surface area (Å²) in [5.41, 5.74) is 4.59. The van der Waals surface area contributed by atoms with Gasteiger partial charge in [0.05, 0.1) is 30.3 Å². The van der Waals surface area contributed by atoms with E-state index in [0.29, 0.717) is 29.5 Å². The van der Waals surface area contributed by atoms with Crippen LogP contribution in [0.2, 0.25) is 0 Å². The quantitative estimate of drug-likeness (QED) is 0.589. The summed E-state index contributed by atoms with van der Waals surface area (Å²) in [6.07, 6.45) is 4.92. The number of hydrogen-bond donors (Lipinski definition) is 1. The first kappa shape index (κ1) is 15.9. The van der Waals surface area contributed by atoms with E-state index in [1.165, 1.54) is 12.3 Å². The van der Waals surface area contributed by atoms with Crippen molar-refractivity contribution < 1.29 is 9.13 Å². The van der Waals surface area contributed by atoms with Gasteiger partial charge in [0.25, 0.3) is 0 Å². The molecule has 1 N–H and O–H groups in total. The summed E-state index contributed by atoms with van der Waals surface area (Å²) in [7, 11) is 0. The first-order valence-corrected chi connectivity index (χ1v) is 8.87. The van der Waals surface area contributed by atoms with Crippen LogP contribution in [0.1, 0.15) is 18.5 Å². The molecule has 0 spiro atoms. The Bertz CT molecular complexity index is 1130. The van der Waals surface area contributed by atoms with Crippen LogP contribution in [0.3, 0.4) is 0 Å². The van der Waals surface area contributed by atoms with Crippen LogP contribution in [-0.4, -0.2) is 36.6 Å². The average Bonchev–Trinajstić information content (AvgIpc) is 3.20. The Morgan fingerprint density at radius 1 is 1.22 bits per heavy atom. The van der Waals surface area contributed by atoms with Crippen LogP contribution in [-0.2, 0) is 6.54 Å². The molecule has 4 aromatic heterocycles. The van der Waals surface area contributed by atoms with E-state index >= 15 is 0 Å². The number of nitrogens with one attached hydrogen (secondary N) is 1. The molecule has 7 nitrogen and oxygen atoms in total. The molecule has 136 valence electrons. The number of aromatic amines is 1. The minimum atomic E-state index is -0.380. The Hall–Kier alpha value is -3.29. The maximum absolute atomic E-state index is 13.4. The minimum Gasteiger partial charge on any atom is -0.477 e. The predicted octanol–water partition coefficient (Wildman–Crippen LogP) is 3.50. The van der Waals surface area contributed by atoms with Gasteiger partial charge in [-0.3, -0.25) is 10.1 Å². The van der Waals surface area contributed by atoms with Crippen LogP contribution in [0.4, 0.5) is 4.39 Å². The van der Waals surface area contributed by atoms with Gasteiger partial charge in [-0.05, 0) is 38.0 Å². The molecule has 4 aromatic rings. The Labute approximate surface area is 154 Å². The van der Waals surface area contributed by atoms with E-state index in [0.717, 1.165) is 41.6 Å². The molecule has 0 saturated carbocycles. The molecular weight excluding hydrogens is 347 g/mol. The monoisotopic (exact) mass is 364 g/mol. The van der Waals surface area contributed by atoms with Crippen molar-refractivity contribution in [1.29, 1.82) is 0 Å². The fraction of sp³-hybridized carbons (Fsp3) is 0.263. The third-order valence-corrected chi connectivity index (χ3v) is 4.70. The lowest BCUT2D eigenvalue weighted by atomic mass is 10.0. The number of rotatable bonds is 2. The van der Waals surface area contributed by atoms with E-state index in [-0.39, 0.29) is 5.82 Å². The molecular formula is C19H17FN6O. The lowest BCUT2D eigenvalue weighted by Crippen LogP contribution is -2.00. The smallest absolute Gasteiger partial charge is 0.220 e. The van der Waals surface area contributed by atoms with Gasteiger partial charge >= 0.3 is 0 Å². The van der Waals surface area contributed by atoms with Crippen molar-refractivity contribution in [3.8, 4) is 28.4 Å². The highest BCUT2D eigenvalue weighted by atomic mass is 19.1. The standard InChI is InChI=1S/C19H17FN6O/c1-11-8-13(14-10-22-24-18(14)23-11)16-17(15-5-4-12(20)9-21-15)25-26-6-2-3-7-27-19(16)26/h4-5,8-10H,2-3,6-7H2,1H3,(H,22,23,24). The normalized spacial score (nSPS) is 14.0. The zero-order valence-corrected chi connectivity index (χ0v) is 14.7. The Kier molecular flexibility index (Phi) is 3.63. The Morgan fingerprint density at radius 3 is 3.00 bits per heavy atom. The summed E-state index contributed by atoms with van der Waals surface area (Å²) in [5.74, 6) is 0.330. The van der Waals surface area contributed by atoms with Crippen molar-refractivity contribution in [2.75, 3.05) is 6.61 Å². The van der Waals surface area contributed by atoms with Gasteiger partial charge < -0.3 is 4.74 Å². The number of ether oxygens (including phenoxy) is 1. The highest BCUT2D eigenvalue weighted by Crippen LogP contribution is 2.42. The molecule has 0 radical (unpaired) electrons. The third-order valence-electron chi connectivity index (χ3n) is 4.70. The van der Waals surface area contributed by atoms with E-state index in [1.807, 2.05) is 17.7 Å². The van der Waals surface area contributed by atoms with Crippen molar-refractivity contribution in [2.45, 2.75) is 26.3 Å². The van der Waals surface area contributed by atoms with Crippen molar-refractivity contribution >= 4 is 11.0 Å². The largest absolute Gasteiger partial charge is 0.477 e. The number of aromatic nitrogens is 6. The minimum absolute atomic E-state index is 0.380. The molecule has 0 atom stereocenters. The summed E-state index contributed by atoms with van der Waals surface area (Å²) in [6.45, 7) is 3.33. The lowest BCUT2D eigenvalue weighted by Gasteiger charge is -2.09. The highest BCUT2D eigenvalue weighted by molar-refractivity contribution is 5.98.